The zero-order valence-corrected chi connectivity index (χ0v) is 16.6. The fourth-order valence-electron chi connectivity index (χ4n) is 3.48. The van der Waals surface area contributed by atoms with Crippen molar-refractivity contribution in [2.75, 3.05) is 19.6 Å². The van der Waals surface area contributed by atoms with Gasteiger partial charge in [0.05, 0.1) is 18.4 Å². The maximum atomic E-state index is 12.1. The maximum absolute atomic E-state index is 12.1. The first-order chi connectivity index (χ1) is 14.2. The van der Waals surface area contributed by atoms with E-state index in [1.165, 1.54) is 5.56 Å². The van der Waals surface area contributed by atoms with Crippen LogP contribution in [0.1, 0.15) is 24.0 Å². The van der Waals surface area contributed by atoms with Gasteiger partial charge in [0.25, 0.3) is 5.91 Å². The standard InChI is InChI=1S/C23H25N5O/c1-18-9-11-19(12-10-18)23-20(16-28(26-23)21-7-3-2-4-8-21)15-24-25-22(29)17-27-13-5-6-14-27/h2-4,7-12,15-16H,5-6,13-14,17H2,1H3,(H,25,29)/b24-15+. The van der Waals surface area contributed by atoms with Crippen molar-refractivity contribution in [3.63, 3.8) is 0 Å². The molecule has 1 N–H and O–H groups in total. The minimum atomic E-state index is -0.0875. The molecule has 2 aromatic carbocycles. The van der Waals surface area contributed by atoms with Crippen LogP contribution < -0.4 is 5.43 Å². The van der Waals surface area contributed by atoms with Crippen molar-refractivity contribution in [2.45, 2.75) is 19.8 Å². The third kappa shape index (κ3) is 4.78. The number of hydrogen-bond donors (Lipinski definition) is 1. The molecule has 0 aliphatic carbocycles. The molecule has 1 amide bonds. The molecule has 1 aliphatic heterocycles. The molecule has 4 rings (SSSR count). The summed E-state index contributed by atoms with van der Waals surface area (Å²) < 4.78 is 1.84. The minimum absolute atomic E-state index is 0.0875. The number of aromatic nitrogens is 2. The van der Waals surface area contributed by atoms with Crippen molar-refractivity contribution in [1.29, 1.82) is 0 Å². The highest BCUT2D eigenvalue weighted by Gasteiger charge is 2.15. The summed E-state index contributed by atoms with van der Waals surface area (Å²) in [5.41, 5.74) is 7.49. The summed E-state index contributed by atoms with van der Waals surface area (Å²) in [6.45, 7) is 4.42. The SMILES string of the molecule is Cc1ccc(-c2nn(-c3ccccc3)cc2/C=N/NC(=O)CN2CCCC2)cc1. The Morgan fingerprint density at radius 1 is 1.10 bits per heavy atom. The van der Waals surface area contributed by atoms with Gasteiger partial charge in [0, 0.05) is 17.3 Å². The van der Waals surface area contributed by atoms with E-state index in [4.69, 9.17) is 5.10 Å². The summed E-state index contributed by atoms with van der Waals surface area (Å²) >= 11 is 0. The van der Waals surface area contributed by atoms with Crippen LogP contribution in [0.15, 0.2) is 65.9 Å². The fourth-order valence-corrected chi connectivity index (χ4v) is 3.48. The number of likely N-dealkylation sites (tertiary alicyclic amines) is 1. The van der Waals surface area contributed by atoms with Crippen molar-refractivity contribution in [2.24, 2.45) is 5.10 Å². The van der Waals surface area contributed by atoms with Crippen LogP contribution in [0.5, 0.6) is 0 Å². The number of hydrazone groups is 1. The second-order valence-corrected chi connectivity index (χ2v) is 7.36. The highest BCUT2D eigenvalue weighted by molar-refractivity contribution is 5.89. The van der Waals surface area contributed by atoms with Crippen molar-refractivity contribution in [1.82, 2.24) is 20.1 Å². The van der Waals surface area contributed by atoms with Crippen LogP contribution in [-0.2, 0) is 4.79 Å². The lowest BCUT2D eigenvalue weighted by atomic mass is 10.1. The van der Waals surface area contributed by atoms with E-state index in [1.54, 1.807) is 6.21 Å². The summed E-state index contributed by atoms with van der Waals surface area (Å²) in [5.74, 6) is -0.0875. The molecule has 29 heavy (non-hydrogen) atoms. The lowest BCUT2D eigenvalue weighted by molar-refractivity contribution is -0.121. The molecule has 0 bridgehead atoms. The number of nitrogens with zero attached hydrogens (tertiary/aromatic N) is 4. The third-order valence-corrected chi connectivity index (χ3v) is 5.05. The molecule has 148 valence electrons. The van der Waals surface area contributed by atoms with Crippen LogP contribution in [0.25, 0.3) is 16.9 Å². The Kier molecular flexibility index (Phi) is 5.81. The summed E-state index contributed by atoms with van der Waals surface area (Å²) in [5, 5.41) is 8.96. The van der Waals surface area contributed by atoms with Gasteiger partial charge in [-0.25, -0.2) is 10.1 Å². The van der Waals surface area contributed by atoms with Gasteiger partial charge in [-0.05, 0) is 45.0 Å². The van der Waals surface area contributed by atoms with Gasteiger partial charge in [-0.1, -0.05) is 48.0 Å². The van der Waals surface area contributed by atoms with E-state index >= 15 is 0 Å². The second kappa shape index (κ2) is 8.84. The van der Waals surface area contributed by atoms with Crippen LogP contribution in [0.4, 0.5) is 0 Å². The van der Waals surface area contributed by atoms with Gasteiger partial charge in [0.15, 0.2) is 0 Å². The first-order valence-corrected chi connectivity index (χ1v) is 9.95. The van der Waals surface area contributed by atoms with Gasteiger partial charge in [-0.3, -0.25) is 9.69 Å². The molecular weight excluding hydrogens is 362 g/mol. The summed E-state index contributed by atoms with van der Waals surface area (Å²) in [6, 6.07) is 18.2. The van der Waals surface area contributed by atoms with Crippen molar-refractivity contribution in [3.8, 4) is 16.9 Å². The van der Waals surface area contributed by atoms with Crippen LogP contribution in [0, 0.1) is 6.92 Å². The fraction of sp³-hybridized carbons (Fsp3) is 0.261. The molecule has 1 fully saturated rings. The highest BCUT2D eigenvalue weighted by atomic mass is 16.2. The zero-order valence-electron chi connectivity index (χ0n) is 16.6. The van der Waals surface area contributed by atoms with Gasteiger partial charge in [0.2, 0.25) is 0 Å². The number of carbonyl (C=O) groups is 1. The number of amides is 1. The van der Waals surface area contributed by atoms with E-state index in [0.29, 0.717) is 6.54 Å². The zero-order chi connectivity index (χ0) is 20.1. The van der Waals surface area contributed by atoms with Crippen LogP contribution in [0.2, 0.25) is 0 Å². The van der Waals surface area contributed by atoms with E-state index in [2.05, 4.69) is 46.6 Å². The smallest absolute Gasteiger partial charge is 0.254 e. The molecular formula is C23H25N5O. The molecule has 3 aromatic rings. The Hall–Kier alpha value is -3.25. The predicted molar refractivity (Wildman–Crippen MR) is 115 cm³/mol. The summed E-state index contributed by atoms with van der Waals surface area (Å²) in [6.07, 6.45) is 5.93. The van der Waals surface area contributed by atoms with E-state index in [-0.39, 0.29) is 5.91 Å². The first kappa shape index (κ1) is 19.1. The molecule has 0 unspecified atom stereocenters. The number of benzene rings is 2. The summed E-state index contributed by atoms with van der Waals surface area (Å²) in [7, 11) is 0. The van der Waals surface area contributed by atoms with Crippen LogP contribution in [-0.4, -0.2) is 46.4 Å². The molecule has 1 saturated heterocycles. The van der Waals surface area contributed by atoms with Crippen LogP contribution >= 0.6 is 0 Å². The van der Waals surface area contributed by atoms with Gasteiger partial charge >= 0.3 is 0 Å². The van der Waals surface area contributed by atoms with Crippen molar-refractivity contribution < 1.29 is 4.79 Å². The Bertz CT molecular complexity index is 986. The molecule has 0 radical (unpaired) electrons. The third-order valence-electron chi connectivity index (χ3n) is 5.05. The van der Waals surface area contributed by atoms with E-state index in [1.807, 2.05) is 41.2 Å². The molecule has 0 saturated carbocycles. The lowest BCUT2D eigenvalue weighted by Gasteiger charge is -2.12. The molecule has 0 spiro atoms. The average Bonchev–Trinajstić information content (AvgIpc) is 3.39. The number of nitrogens with one attached hydrogen (secondary N) is 1. The monoisotopic (exact) mass is 387 g/mol. The molecule has 2 heterocycles. The van der Waals surface area contributed by atoms with Gasteiger partial charge < -0.3 is 0 Å². The Morgan fingerprint density at radius 2 is 1.83 bits per heavy atom. The molecule has 1 aliphatic rings. The first-order valence-electron chi connectivity index (χ1n) is 9.95. The maximum Gasteiger partial charge on any atom is 0.254 e. The van der Waals surface area contributed by atoms with Crippen molar-refractivity contribution >= 4 is 12.1 Å². The number of para-hydroxylation sites is 1. The number of hydrogen-bond acceptors (Lipinski definition) is 4. The normalized spacial score (nSPS) is 14.5. The van der Waals surface area contributed by atoms with E-state index < -0.39 is 0 Å². The molecule has 6 nitrogen and oxygen atoms in total. The minimum Gasteiger partial charge on any atom is -0.294 e. The van der Waals surface area contributed by atoms with E-state index in [9.17, 15) is 4.79 Å². The predicted octanol–water partition coefficient (Wildman–Crippen LogP) is 3.39. The number of rotatable bonds is 6. The van der Waals surface area contributed by atoms with Gasteiger partial charge in [0.1, 0.15) is 5.69 Å². The molecule has 1 aromatic heterocycles. The second-order valence-electron chi connectivity index (χ2n) is 7.36. The number of carbonyl (C=O) groups excluding carboxylic acids is 1. The van der Waals surface area contributed by atoms with Gasteiger partial charge in [-0.2, -0.15) is 10.2 Å². The number of aryl methyl sites for hydroxylation is 1. The Labute approximate surface area is 170 Å². The Morgan fingerprint density at radius 3 is 2.55 bits per heavy atom. The Balaban J connectivity index is 1.56. The highest BCUT2D eigenvalue weighted by Crippen LogP contribution is 2.23. The average molecular weight is 387 g/mol. The lowest BCUT2D eigenvalue weighted by Crippen LogP contribution is -2.33. The quantitative estimate of drug-likeness (QED) is 0.521. The van der Waals surface area contributed by atoms with E-state index in [0.717, 1.165) is 48.4 Å². The topological polar surface area (TPSA) is 62.5 Å². The summed E-state index contributed by atoms with van der Waals surface area (Å²) in [4.78, 5) is 14.3. The van der Waals surface area contributed by atoms with Crippen molar-refractivity contribution in [3.05, 3.63) is 71.9 Å². The molecule has 0 atom stereocenters. The van der Waals surface area contributed by atoms with Gasteiger partial charge in [-0.15, -0.1) is 0 Å². The molecule has 6 heteroatoms. The largest absolute Gasteiger partial charge is 0.294 e. The van der Waals surface area contributed by atoms with Crippen LogP contribution in [0.3, 0.4) is 0 Å².